The SMILES string of the molecule is COCCCn1c(C)c(C)c(C#N)c1NC(=O)CNc1ccc(Br)cc1. The molecule has 0 saturated heterocycles. The van der Waals surface area contributed by atoms with E-state index in [-0.39, 0.29) is 12.5 Å². The second kappa shape index (κ2) is 9.41. The highest BCUT2D eigenvalue weighted by atomic mass is 79.9. The number of methoxy groups -OCH3 is 1. The van der Waals surface area contributed by atoms with Gasteiger partial charge in [-0.2, -0.15) is 5.26 Å². The number of anilines is 2. The quantitative estimate of drug-likeness (QED) is 0.638. The number of halogens is 1. The summed E-state index contributed by atoms with van der Waals surface area (Å²) in [7, 11) is 1.66. The van der Waals surface area contributed by atoms with E-state index in [9.17, 15) is 10.1 Å². The number of ether oxygens (including phenoxy) is 1. The lowest BCUT2D eigenvalue weighted by Crippen LogP contribution is -2.24. The molecule has 0 aliphatic rings. The highest BCUT2D eigenvalue weighted by Crippen LogP contribution is 2.26. The smallest absolute Gasteiger partial charge is 0.244 e. The zero-order valence-corrected chi connectivity index (χ0v) is 16.8. The second-order valence-corrected chi connectivity index (χ2v) is 6.87. The summed E-state index contributed by atoms with van der Waals surface area (Å²) in [4.78, 5) is 12.4. The van der Waals surface area contributed by atoms with E-state index in [2.05, 4.69) is 32.6 Å². The summed E-state index contributed by atoms with van der Waals surface area (Å²) in [5, 5.41) is 15.5. The van der Waals surface area contributed by atoms with E-state index in [1.807, 2.05) is 42.7 Å². The maximum absolute atomic E-state index is 12.4. The minimum absolute atomic E-state index is 0.119. The number of carbonyl (C=O) groups excluding carboxylic acids is 1. The fourth-order valence-electron chi connectivity index (χ4n) is 2.70. The van der Waals surface area contributed by atoms with Crippen molar-refractivity contribution in [3.8, 4) is 6.07 Å². The molecule has 0 bridgehead atoms. The molecule has 0 spiro atoms. The zero-order chi connectivity index (χ0) is 19.1. The molecule has 2 aromatic rings. The number of amides is 1. The van der Waals surface area contributed by atoms with Crippen molar-refractivity contribution in [3.63, 3.8) is 0 Å². The highest BCUT2D eigenvalue weighted by molar-refractivity contribution is 9.10. The zero-order valence-electron chi connectivity index (χ0n) is 15.2. The number of benzene rings is 1. The third-order valence-electron chi connectivity index (χ3n) is 4.23. The Kier molecular flexibility index (Phi) is 7.25. The molecular weight excluding hydrogens is 396 g/mol. The van der Waals surface area contributed by atoms with Crippen molar-refractivity contribution in [2.24, 2.45) is 0 Å². The molecule has 0 radical (unpaired) electrons. The molecule has 1 aromatic heterocycles. The van der Waals surface area contributed by atoms with Crippen LogP contribution in [0.3, 0.4) is 0 Å². The standard InChI is InChI=1S/C19H23BrN4O2/c1-13-14(2)24(9-4-10-26-3)19(17(13)11-21)23-18(25)12-22-16-7-5-15(20)6-8-16/h5-8,22H,4,9-10,12H2,1-3H3,(H,23,25). The Hall–Kier alpha value is -2.30. The summed E-state index contributed by atoms with van der Waals surface area (Å²) < 4.78 is 8.06. The van der Waals surface area contributed by atoms with E-state index in [0.717, 1.165) is 27.8 Å². The molecule has 138 valence electrons. The van der Waals surface area contributed by atoms with E-state index >= 15 is 0 Å². The van der Waals surface area contributed by atoms with Crippen LogP contribution in [0, 0.1) is 25.2 Å². The van der Waals surface area contributed by atoms with Crippen LogP contribution in [-0.2, 0) is 16.1 Å². The van der Waals surface area contributed by atoms with Crippen molar-refractivity contribution in [1.82, 2.24) is 4.57 Å². The normalized spacial score (nSPS) is 10.4. The first kappa shape index (κ1) is 20.0. The minimum Gasteiger partial charge on any atom is -0.385 e. The number of aromatic nitrogens is 1. The van der Waals surface area contributed by atoms with Crippen molar-refractivity contribution >= 4 is 33.3 Å². The van der Waals surface area contributed by atoms with Gasteiger partial charge in [-0.3, -0.25) is 4.79 Å². The van der Waals surface area contributed by atoms with Gasteiger partial charge in [0.05, 0.1) is 12.1 Å². The Morgan fingerprint density at radius 2 is 2.00 bits per heavy atom. The second-order valence-electron chi connectivity index (χ2n) is 5.95. The predicted octanol–water partition coefficient (Wildman–Crippen LogP) is 3.83. The van der Waals surface area contributed by atoms with Crippen LogP contribution in [0.25, 0.3) is 0 Å². The first-order chi connectivity index (χ1) is 12.5. The molecule has 1 amide bonds. The van der Waals surface area contributed by atoms with Gasteiger partial charge in [-0.25, -0.2) is 0 Å². The molecule has 7 heteroatoms. The third-order valence-corrected chi connectivity index (χ3v) is 4.76. The average molecular weight is 419 g/mol. The molecule has 0 fully saturated rings. The van der Waals surface area contributed by atoms with Crippen LogP contribution in [0.2, 0.25) is 0 Å². The van der Waals surface area contributed by atoms with E-state index in [1.54, 1.807) is 7.11 Å². The number of nitriles is 1. The molecule has 0 atom stereocenters. The summed E-state index contributed by atoms with van der Waals surface area (Å²) in [6.07, 6.45) is 0.802. The Morgan fingerprint density at radius 3 is 2.62 bits per heavy atom. The van der Waals surface area contributed by atoms with E-state index in [4.69, 9.17) is 4.74 Å². The number of hydrogen-bond acceptors (Lipinski definition) is 4. The molecule has 6 nitrogen and oxygen atoms in total. The van der Waals surface area contributed by atoms with Gasteiger partial charge in [0.1, 0.15) is 11.9 Å². The summed E-state index contributed by atoms with van der Waals surface area (Å²) in [6, 6.07) is 9.79. The Morgan fingerprint density at radius 1 is 1.31 bits per heavy atom. The summed E-state index contributed by atoms with van der Waals surface area (Å²) >= 11 is 3.38. The topological polar surface area (TPSA) is 79.1 Å². The Balaban J connectivity index is 2.11. The summed E-state index contributed by atoms with van der Waals surface area (Å²) in [5.41, 5.74) is 3.23. The molecule has 0 saturated carbocycles. The molecule has 2 N–H and O–H groups in total. The Labute approximate surface area is 162 Å². The van der Waals surface area contributed by atoms with Crippen molar-refractivity contribution < 1.29 is 9.53 Å². The van der Waals surface area contributed by atoms with Crippen LogP contribution in [0.15, 0.2) is 28.7 Å². The highest BCUT2D eigenvalue weighted by Gasteiger charge is 2.19. The van der Waals surface area contributed by atoms with Gasteiger partial charge in [-0.15, -0.1) is 0 Å². The number of nitrogens with one attached hydrogen (secondary N) is 2. The fraction of sp³-hybridized carbons (Fsp3) is 0.368. The van der Waals surface area contributed by atoms with Gasteiger partial charge in [0.25, 0.3) is 0 Å². The van der Waals surface area contributed by atoms with Crippen molar-refractivity contribution in [3.05, 3.63) is 45.6 Å². The molecular formula is C19H23BrN4O2. The van der Waals surface area contributed by atoms with E-state index in [0.29, 0.717) is 24.5 Å². The fourth-order valence-corrected chi connectivity index (χ4v) is 2.97. The molecule has 2 rings (SSSR count). The van der Waals surface area contributed by atoms with Crippen LogP contribution in [0.1, 0.15) is 23.2 Å². The Bertz CT molecular complexity index is 806. The van der Waals surface area contributed by atoms with Crippen LogP contribution in [0.4, 0.5) is 11.5 Å². The number of carbonyl (C=O) groups is 1. The molecule has 1 heterocycles. The maximum atomic E-state index is 12.4. The van der Waals surface area contributed by atoms with Crippen molar-refractivity contribution in [2.45, 2.75) is 26.8 Å². The van der Waals surface area contributed by atoms with E-state index in [1.165, 1.54) is 0 Å². The van der Waals surface area contributed by atoms with Crippen LogP contribution >= 0.6 is 15.9 Å². The van der Waals surface area contributed by atoms with Crippen LogP contribution in [0.5, 0.6) is 0 Å². The first-order valence-electron chi connectivity index (χ1n) is 8.36. The molecule has 0 aliphatic heterocycles. The van der Waals surface area contributed by atoms with Gasteiger partial charge >= 0.3 is 0 Å². The lowest BCUT2D eigenvalue weighted by molar-refractivity contribution is -0.114. The summed E-state index contributed by atoms with van der Waals surface area (Å²) in [5.74, 6) is 0.358. The average Bonchev–Trinajstić information content (AvgIpc) is 2.85. The van der Waals surface area contributed by atoms with Crippen LogP contribution in [-0.4, -0.2) is 30.7 Å². The van der Waals surface area contributed by atoms with Gasteiger partial charge in [-0.05, 0) is 50.1 Å². The maximum Gasteiger partial charge on any atom is 0.244 e. The molecule has 1 aromatic carbocycles. The number of rotatable bonds is 8. The minimum atomic E-state index is -0.199. The van der Waals surface area contributed by atoms with Crippen molar-refractivity contribution in [2.75, 3.05) is 30.9 Å². The third kappa shape index (κ3) is 4.87. The molecule has 0 aliphatic carbocycles. The van der Waals surface area contributed by atoms with Gasteiger partial charge < -0.3 is 19.9 Å². The first-order valence-corrected chi connectivity index (χ1v) is 9.15. The summed E-state index contributed by atoms with van der Waals surface area (Å²) in [6.45, 7) is 5.28. The van der Waals surface area contributed by atoms with Crippen LogP contribution < -0.4 is 10.6 Å². The molecule has 26 heavy (non-hydrogen) atoms. The van der Waals surface area contributed by atoms with Crippen molar-refractivity contribution in [1.29, 1.82) is 5.26 Å². The predicted molar refractivity (Wildman–Crippen MR) is 106 cm³/mol. The molecule has 0 unspecified atom stereocenters. The lowest BCUT2D eigenvalue weighted by Gasteiger charge is -2.13. The number of hydrogen-bond donors (Lipinski definition) is 2. The number of nitrogens with zero attached hydrogens (tertiary/aromatic N) is 2. The monoisotopic (exact) mass is 418 g/mol. The lowest BCUT2D eigenvalue weighted by atomic mass is 10.2. The van der Waals surface area contributed by atoms with Gasteiger partial charge in [0, 0.05) is 36.1 Å². The van der Waals surface area contributed by atoms with Gasteiger partial charge in [0.15, 0.2) is 0 Å². The largest absolute Gasteiger partial charge is 0.385 e. The van der Waals surface area contributed by atoms with Gasteiger partial charge in [0.2, 0.25) is 5.91 Å². The van der Waals surface area contributed by atoms with E-state index < -0.39 is 0 Å². The van der Waals surface area contributed by atoms with Gasteiger partial charge in [-0.1, -0.05) is 15.9 Å².